The maximum absolute atomic E-state index is 6.27. The number of nitrogens with two attached hydrogens (primary N) is 1. The quantitative estimate of drug-likeness (QED) is 0.0732. The standard InChI is InChI=1S/C42H79NO3/c1-3-5-7-9-11-13-15-17-19-21-23-25-27-29-35-44-38-42(46-41-33-31-40(37-43)32-34-41)39-45-36-30-28-26-24-22-20-18-16-14-12-10-8-6-4-2/h31-34,42H,3-30,35-39,43H2,1-2H3. The number of hydrogen-bond donors (Lipinski definition) is 1. The Labute approximate surface area is 287 Å². The van der Waals surface area contributed by atoms with Gasteiger partial charge in [-0.05, 0) is 30.5 Å². The summed E-state index contributed by atoms with van der Waals surface area (Å²) in [4.78, 5) is 0. The van der Waals surface area contributed by atoms with Gasteiger partial charge in [0.05, 0.1) is 13.2 Å². The molecule has 0 radical (unpaired) electrons. The Morgan fingerprint density at radius 2 is 0.739 bits per heavy atom. The number of hydrogen-bond acceptors (Lipinski definition) is 4. The van der Waals surface area contributed by atoms with Gasteiger partial charge in [-0.15, -0.1) is 0 Å². The topological polar surface area (TPSA) is 53.7 Å². The summed E-state index contributed by atoms with van der Waals surface area (Å²) in [5, 5.41) is 0. The maximum Gasteiger partial charge on any atom is 0.145 e. The highest BCUT2D eigenvalue weighted by molar-refractivity contribution is 5.27. The lowest BCUT2D eigenvalue weighted by Crippen LogP contribution is -2.29. The summed E-state index contributed by atoms with van der Waals surface area (Å²) in [6.45, 7) is 7.91. The Morgan fingerprint density at radius 3 is 1.04 bits per heavy atom. The predicted octanol–water partition coefficient (Wildman–Crippen LogP) is 12.9. The number of unbranched alkanes of at least 4 members (excludes halogenated alkanes) is 26. The molecule has 0 spiro atoms. The van der Waals surface area contributed by atoms with Crippen LogP contribution in [0.15, 0.2) is 24.3 Å². The van der Waals surface area contributed by atoms with E-state index in [2.05, 4.69) is 13.8 Å². The predicted molar refractivity (Wildman–Crippen MR) is 201 cm³/mol. The molecule has 0 aliphatic carbocycles. The summed E-state index contributed by atoms with van der Waals surface area (Å²) in [6, 6.07) is 8.10. The largest absolute Gasteiger partial charge is 0.486 e. The molecule has 1 aromatic carbocycles. The Hall–Kier alpha value is -1.10. The molecule has 4 heteroatoms. The molecule has 0 saturated heterocycles. The third-order valence-corrected chi connectivity index (χ3v) is 9.35. The van der Waals surface area contributed by atoms with E-state index in [9.17, 15) is 0 Å². The minimum Gasteiger partial charge on any atom is -0.486 e. The lowest BCUT2D eigenvalue weighted by atomic mass is 10.0. The SMILES string of the molecule is CCCCCCCCCCCCCCCCOCC(COCCCCCCCCCCCCCCCC)Oc1ccc(CN)cc1. The fourth-order valence-corrected chi connectivity index (χ4v) is 6.24. The monoisotopic (exact) mass is 646 g/mol. The highest BCUT2D eigenvalue weighted by Gasteiger charge is 2.12. The van der Waals surface area contributed by atoms with Gasteiger partial charge in [0.1, 0.15) is 11.9 Å². The van der Waals surface area contributed by atoms with Crippen LogP contribution in [0.3, 0.4) is 0 Å². The highest BCUT2D eigenvalue weighted by Crippen LogP contribution is 2.16. The molecule has 1 rings (SSSR count). The van der Waals surface area contributed by atoms with Crippen LogP contribution in [0, 0.1) is 0 Å². The van der Waals surface area contributed by atoms with Crippen molar-refractivity contribution in [2.75, 3.05) is 26.4 Å². The van der Waals surface area contributed by atoms with E-state index in [0.717, 1.165) is 37.4 Å². The number of benzene rings is 1. The third kappa shape index (κ3) is 29.1. The molecule has 0 saturated carbocycles. The summed E-state index contributed by atoms with van der Waals surface area (Å²) in [5.74, 6) is 0.863. The van der Waals surface area contributed by atoms with Crippen molar-refractivity contribution in [2.24, 2.45) is 5.73 Å². The van der Waals surface area contributed by atoms with Gasteiger partial charge in [0.15, 0.2) is 0 Å². The Balaban J connectivity index is 2.07. The zero-order valence-electron chi connectivity index (χ0n) is 31.0. The van der Waals surface area contributed by atoms with Crippen LogP contribution in [0.25, 0.3) is 0 Å². The molecule has 270 valence electrons. The Morgan fingerprint density at radius 1 is 0.435 bits per heavy atom. The molecule has 4 nitrogen and oxygen atoms in total. The van der Waals surface area contributed by atoms with Crippen molar-refractivity contribution < 1.29 is 14.2 Å². The summed E-state index contributed by atoms with van der Waals surface area (Å²) in [6.07, 6.45) is 38.5. The first-order valence-electron chi connectivity index (χ1n) is 20.4. The summed E-state index contributed by atoms with van der Waals surface area (Å²) in [5.41, 5.74) is 6.89. The summed E-state index contributed by atoms with van der Waals surface area (Å²) in [7, 11) is 0. The van der Waals surface area contributed by atoms with Crippen LogP contribution in [0.5, 0.6) is 5.75 Å². The third-order valence-electron chi connectivity index (χ3n) is 9.35. The summed E-state index contributed by atoms with van der Waals surface area (Å²) >= 11 is 0. The van der Waals surface area contributed by atoms with E-state index in [1.807, 2.05) is 24.3 Å². The van der Waals surface area contributed by atoms with Crippen LogP contribution < -0.4 is 10.5 Å². The zero-order chi connectivity index (χ0) is 33.0. The van der Waals surface area contributed by atoms with Gasteiger partial charge < -0.3 is 19.9 Å². The Kier molecular flexibility index (Phi) is 32.9. The lowest BCUT2D eigenvalue weighted by molar-refractivity contribution is -0.00781. The van der Waals surface area contributed by atoms with Crippen LogP contribution in [0.2, 0.25) is 0 Å². The molecule has 0 aliphatic rings. The molecular formula is C42H79NO3. The molecule has 0 unspecified atom stereocenters. The van der Waals surface area contributed by atoms with Gasteiger partial charge >= 0.3 is 0 Å². The van der Waals surface area contributed by atoms with Crippen LogP contribution >= 0.6 is 0 Å². The molecule has 1 aromatic rings. The first kappa shape index (κ1) is 42.9. The second-order valence-corrected chi connectivity index (χ2v) is 13.9. The van der Waals surface area contributed by atoms with Crippen LogP contribution in [0.1, 0.15) is 199 Å². The van der Waals surface area contributed by atoms with Gasteiger partial charge in [-0.2, -0.15) is 0 Å². The van der Waals surface area contributed by atoms with Crippen molar-refractivity contribution in [3.63, 3.8) is 0 Å². The highest BCUT2D eigenvalue weighted by atomic mass is 16.6. The van der Waals surface area contributed by atoms with Gasteiger partial charge in [0.2, 0.25) is 0 Å². The molecule has 0 amide bonds. The second kappa shape index (κ2) is 35.2. The average Bonchev–Trinajstić information content (AvgIpc) is 3.08. The van der Waals surface area contributed by atoms with Crippen LogP contribution in [0.4, 0.5) is 0 Å². The first-order valence-corrected chi connectivity index (χ1v) is 20.4. The van der Waals surface area contributed by atoms with Crippen molar-refractivity contribution in [1.82, 2.24) is 0 Å². The van der Waals surface area contributed by atoms with Gasteiger partial charge in [0, 0.05) is 19.8 Å². The molecule has 0 atom stereocenters. The van der Waals surface area contributed by atoms with Gasteiger partial charge in [-0.25, -0.2) is 0 Å². The number of rotatable bonds is 37. The van der Waals surface area contributed by atoms with E-state index >= 15 is 0 Å². The molecule has 0 fully saturated rings. The van der Waals surface area contributed by atoms with E-state index in [-0.39, 0.29) is 6.10 Å². The molecule has 0 aliphatic heterocycles. The van der Waals surface area contributed by atoms with E-state index in [1.54, 1.807) is 0 Å². The zero-order valence-corrected chi connectivity index (χ0v) is 31.0. The second-order valence-electron chi connectivity index (χ2n) is 13.9. The van der Waals surface area contributed by atoms with Crippen molar-refractivity contribution in [3.8, 4) is 5.75 Å². The Bertz CT molecular complexity index is 673. The van der Waals surface area contributed by atoms with Crippen molar-refractivity contribution in [2.45, 2.75) is 206 Å². The molecule has 0 heterocycles. The molecular weight excluding hydrogens is 566 g/mol. The maximum atomic E-state index is 6.27. The van der Waals surface area contributed by atoms with E-state index in [1.165, 1.54) is 167 Å². The molecule has 46 heavy (non-hydrogen) atoms. The van der Waals surface area contributed by atoms with Crippen molar-refractivity contribution >= 4 is 0 Å². The van der Waals surface area contributed by atoms with Crippen molar-refractivity contribution in [3.05, 3.63) is 29.8 Å². The van der Waals surface area contributed by atoms with E-state index < -0.39 is 0 Å². The van der Waals surface area contributed by atoms with Crippen LogP contribution in [-0.4, -0.2) is 32.5 Å². The molecule has 0 bridgehead atoms. The minimum absolute atomic E-state index is 0.0815. The summed E-state index contributed by atoms with van der Waals surface area (Å²) < 4.78 is 18.4. The van der Waals surface area contributed by atoms with Gasteiger partial charge in [-0.3, -0.25) is 0 Å². The average molecular weight is 646 g/mol. The van der Waals surface area contributed by atoms with Gasteiger partial charge in [-0.1, -0.05) is 193 Å². The fraction of sp³-hybridized carbons (Fsp3) is 0.857. The van der Waals surface area contributed by atoms with E-state index in [0.29, 0.717) is 19.8 Å². The smallest absolute Gasteiger partial charge is 0.145 e. The van der Waals surface area contributed by atoms with Crippen LogP contribution in [-0.2, 0) is 16.0 Å². The van der Waals surface area contributed by atoms with Gasteiger partial charge in [0.25, 0.3) is 0 Å². The minimum atomic E-state index is -0.0815. The van der Waals surface area contributed by atoms with Crippen molar-refractivity contribution in [1.29, 1.82) is 0 Å². The van der Waals surface area contributed by atoms with E-state index in [4.69, 9.17) is 19.9 Å². The fourth-order valence-electron chi connectivity index (χ4n) is 6.24. The normalized spacial score (nSPS) is 11.6. The first-order chi connectivity index (χ1) is 22.8. The lowest BCUT2D eigenvalue weighted by Gasteiger charge is -2.20. The molecule has 0 aromatic heterocycles. The molecule has 2 N–H and O–H groups in total. The number of ether oxygens (including phenoxy) is 3.